The Morgan fingerprint density at radius 2 is 1.85 bits per heavy atom. The van der Waals surface area contributed by atoms with Crippen molar-refractivity contribution in [3.8, 4) is 5.69 Å². The van der Waals surface area contributed by atoms with E-state index in [0.717, 1.165) is 27.1 Å². The van der Waals surface area contributed by atoms with E-state index in [1.54, 1.807) is 18.4 Å². The van der Waals surface area contributed by atoms with Crippen LogP contribution in [0.1, 0.15) is 34.1 Å². The van der Waals surface area contributed by atoms with Crippen molar-refractivity contribution < 1.29 is 18.7 Å². The Morgan fingerprint density at radius 1 is 1.12 bits per heavy atom. The number of rotatable bonds is 6. The van der Waals surface area contributed by atoms with Gasteiger partial charge in [-0.3, -0.25) is 9.59 Å². The topological polar surface area (TPSA) is 90.3 Å². The van der Waals surface area contributed by atoms with Crippen LogP contribution >= 0.6 is 11.3 Å². The zero-order chi connectivity index (χ0) is 24.4. The van der Waals surface area contributed by atoms with Crippen molar-refractivity contribution in [2.45, 2.75) is 27.2 Å². The molecule has 2 aromatic carbocycles. The number of hydrogen-bond donors (Lipinski definition) is 1. The highest BCUT2D eigenvalue weighted by atomic mass is 32.1. The van der Waals surface area contributed by atoms with E-state index in [-0.39, 0.29) is 35.8 Å². The first kappa shape index (κ1) is 23.3. The number of nitrogens with zero attached hydrogens (tertiary/aromatic N) is 2. The summed E-state index contributed by atoms with van der Waals surface area (Å²) < 4.78 is 19.5. The molecule has 4 aromatic rings. The molecule has 2 aromatic heterocycles. The van der Waals surface area contributed by atoms with Crippen LogP contribution in [0.3, 0.4) is 0 Å². The Bertz CT molecular complexity index is 1460. The molecule has 0 aliphatic heterocycles. The lowest BCUT2D eigenvalue weighted by atomic mass is 10.1. The number of aryl methyl sites for hydroxylation is 2. The number of fused-ring (bicyclic) bond motifs is 1. The lowest BCUT2D eigenvalue weighted by Gasteiger charge is -2.11. The van der Waals surface area contributed by atoms with Crippen molar-refractivity contribution in [1.29, 1.82) is 0 Å². The van der Waals surface area contributed by atoms with Gasteiger partial charge in [0.1, 0.15) is 10.8 Å². The van der Waals surface area contributed by atoms with E-state index in [2.05, 4.69) is 10.4 Å². The summed E-state index contributed by atoms with van der Waals surface area (Å²) >= 11 is 1.12. The number of benzene rings is 2. The first-order chi connectivity index (χ1) is 16.3. The zero-order valence-corrected chi connectivity index (χ0v) is 19.7. The van der Waals surface area contributed by atoms with Crippen molar-refractivity contribution in [1.82, 2.24) is 9.78 Å². The van der Waals surface area contributed by atoms with Crippen LogP contribution in [0.25, 0.3) is 16.5 Å². The van der Waals surface area contributed by atoms with Gasteiger partial charge in [-0.15, -0.1) is 11.3 Å². The second-order valence-corrected chi connectivity index (χ2v) is 8.64. The first-order valence-electron chi connectivity index (χ1n) is 10.6. The molecule has 0 aliphatic rings. The third kappa shape index (κ3) is 4.60. The van der Waals surface area contributed by atoms with Gasteiger partial charge < -0.3 is 10.1 Å². The number of halogens is 1. The lowest BCUT2D eigenvalue weighted by Crippen LogP contribution is -2.26. The van der Waals surface area contributed by atoms with E-state index >= 15 is 0 Å². The quantitative estimate of drug-likeness (QED) is 0.410. The van der Waals surface area contributed by atoms with E-state index in [0.29, 0.717) is 21.6 Å². The average molecular weight is 480 g/mol. The highest BCUT2D eigenvalue weighted by molar-refractivity contribution is 7.16. The summed E-state index contributed by atoms with van der Waals surface area (Å²) in [4.78, 5) is 38.8. The summed E-state index contributed by atoms with van der Waals surface area (Å²) in [6.45, 7) is 5.70. The van der Waals surface area contributed by atoms with Crippen molar-refractivity contribution in [3.05, 3.63) is 86.4 Å². The number of nitrogens with one attached hydrogen (secondary N) is 1. The number of esters is 1. The summed E-state index contributed by atoms with van der Waals surface area (Å²) in [5.74, 6) is -1.42. The molecule has 0 spiro atoms. The van der Waals surface area contributed by atoms with Gasteiger partial charge in [0.2, 0.25) is 5.91 Å². The van der Waals surface area contributed by atoms with Gasteiger partial charge in [-0.05, 0) is 61.7 Å². The number of aromatic nitrogens is 2. The fourth-order valence-corrected chi connectivity index (χ4v) is 4.44. The molecule has 0 unspecified atom stereocenters. The molecular weight excluding hydrogens is 457 g/mol. The molecule has 34 heavy (non-hydrogen) atoms. The van der Waals surface area contributed by atoms with Gasteiger partial charge in [0.15, 0.2) is 5.69 Å². The van der Waals surface area contributed by atoms with Crippen LogP contribution in [0.5, 0.6) is 0 Å². The summed E-state index contributed by atoms with van der Waals surface area (Å²) in [6, 6.07) is 11.0. The molecule has 0 aliphatic carbocycles. The van der Waals surface area contributed by atoms with E-state index < -0.39 is 11.5 Å². The predicted octanol–water partition coefficient (Wildman–Crippen LogP) is 4.56. The van der Waals surface area contributed by atoms with E-state index in [9.17, 15) is 18.8 Å². The number of hydrogen-bond acceptors (Lipinski definition) is 6. The van der Waals surface area contributed by atoms with Crippen molar-refractivity contribution in [3.63, 3.8) is 0 Å². The summed E-state index contributed by atoms with van der Waals surface area (Å²) in [6.07, 6.45) is 0.000831. The van der Waals surface area contributed by atoms with Gasteiger partial charge in [-0.25, -0.2) is 9.18 Å². The van der Waals surface area contributed by atoms with Crippen LogP contribution in [0, 0.1) is 19.7 Å². The van der Waals surface area contributed by atoms with E-state index in [4.69, 9.17) is 4.74 Å². The summed E-state index contributed by atoms with van der Waals surface area (Å²) in [7, 11) is 0. The van der Waals surface area contributed by atoms with Crippen LogP contribution in [0.15, 0.2) is 52.6 Å². The van der Waals surface area contributed by atoms with Gasteiger partial charge in [0.05, 0.1) is 24.1 Å². The molecule has 1 amide bonds. The molecule has 7 nitrogen and oxygen atoms in total. The predicted molar refractivity (Wildman–Crippen MR) is 129 cm³/mol. The van der Waals surface area contributed by atoms with Crippen molar-refractivity contribution >= 4 is 39.0 Å². The molecule has 0 atom stereocenters. The number of ether oxygens (including phenoxy) is 1. The summed E-state index contributed by atoms with van der Waals surface area (Å²) in [5, 5.41) is 9.47. The molecule has 0 radical (unpaired) electrons. The molecule has 1 N–H and O–H groups in total. The second-order valence-electron chi connectivity index (χ2n) is 7.76. The van der Waals surface area contributed by atoms with Crippen molar-refractivity contribution in [2.24, 2.45) is 0 Å². The number of carbonyl (C=O) groups is 2. The smallest absolute Gasteiger partial charge is 0.359 e. The standard InChI is InChI=1S/C25H22FN3O4S/c1-4-33-25(32)22-19-13-34-23(27-20(30)12-16-6-8-17(26)9-7-16)21(19)24(31)29(28-22)18-10-5-14(2)15(3)11-18/h5-11,13H,4,12H2,1-3H3,(H,27,30). The Hall–Kier alpha value is -3.85. The lowest BCUT2D eigenvalue weighted by molar-refractivity contribution is -0.115. The Labute approximate surface area is 198 Å². The highest BCUT2D eigenvalue weighted by Gasteiger charge is 2.23. The van der Waals surface area contributed by atoms with Gasteiger partial charge in [0, 0.05) is 10.8 Å². The second kappa shape index (κ2) is 9.56. The molecule has 174 valence electrons. The number of amides is 1. The third-order valence-corrected chi connectivity index (χ3v) is 6.28. The maximum absolute atomic E-state index is 13.5. The molecular formula is C25H22FN3O4S. The molecule has 0 fully saturated rings. The van der Waals surface area contributed by atoms with E-state index in [1.165, 1.54) is 24.3 Å². The SMILES string of the molecule is CCOC(=O)c1nn(-c2ccc(C)c(C)c2)c(=O)c2c(NC(=O)Cc3ccc(F)cc3)scc12. The zero-order valence-electron chi connectivity index (χ0n) is 18.8. The van der Waals surface area contributed by atoms with Crippen LogP contribution < -0.4 is 10.9 Å². The fraction of sp³-hybridized carbons (Fsp3) is 0.200. The number of anilines is 1. The molecule has 9 heteroatoms. The minimum Gasteiger partial charge on any atom is -0.461 e. The van der Waals surface area contributed by atoms with Crippen LogP contribution in [0.4, 0.5) is 9.39 Å². The molecule has 0 saturated heterocycles. The Kier molecular flexibility index (Phi) is 6.56. The Balaban J connectivity index is 1.80. The molecule has 0 saturated carbocycles. The van der Waals surface area contributed by atoms with Gasteiger partial charge in [0.25, 0.3) is 5.56 Å². The Morgan fingerprint density at radius 3 is 2.53 bits per heavy atom. The average Bonchev–Trinajstić information content (AvgIpc) is 3.21. The monoisotopic (exact) mass is 479 g/mol. The van der Waals surface area contributed by atoms with Gasteiger partial charge >= 0.3 is 5.97 Å². The third-order valence-electron chi connectivity index (χ3n) is 5.39. The molecule has 4 rings (SSSR count). The van der Waals surface area contributed by atoms with Crippen molar-refractivity contribution in [2.75, 3.05) is 11.9 Å². The minimum absolute atomic E-state index is 0.000831. The first-order valence-corrected chi connectivity index (χ1v) is 11.5. The van der Waals surface area contributed by atoms with Gasteiger partial charge in [-0.1, -0.05) is 18.2 Å². The molecule has 0 bridgehead atoms. The van der Waals surface area contributed by atoms with Gasteiger partial charge in [-0.2, -0.15) is 9.78 Å². The fourth-order valence-electron chi connectivity index (χ4n) is 3.48. The number of thiophene rings is 1. The maximum Gasteiger partial charge on any atom is 0.359 e. The summed E-state index contributed by atoms with van der Waals surface area (Å²) in [5.41, 5.74) is 2.65. The normalized spacial score (nSPS) is 10.9. The highest BCUT2D eigenvalue weighted by Crippen LogP contribution is 2.31. The number of carbonyl (C=O) groups excluding carboxylic acids is 2. The maximum atomic E-state index is 13.5. The van der Waals surface area contributed by atoms with Crippen LogP contribution in [0.2, 0.25) is 0 Å². The minimum atomic E-state index is -0.660. The van der Waals surface area contributed by atoms with Crippen LogP contribution in [-0.4, -0.2) is 28.3 Å². The van der Waals surface area contributed by atoms with Crippen LogP contribution in [-0.2, 0) is 16.0 Å². The largest absolute Gasteiger partial charge is 0.461 e. The molecule has 2 heterocycles. The van der Waals surface area contributed by atoms with E-state index in [1.807, 2.05) is 26.0 Å².